The third-order valence-corrected chi connectivity index (χ3v) is 4.57. The number of thiazole rings is 1. The Balaban J connectivity index is 1.83. The van der Waals surface area contributed by atoms with Crippen LogP contribution in [-0.2, 0) is 0 Å². The van der Waals surface area contributed by atoms with Gasteiger partial charge in [-0.15, -0.1) is 0 Å². The number of aromatic nitrogens is 1. The molecule has 0 bridgehead atoms. The molecule has 2 aromatic rings. The Hall–Kier alpha value is -0.610. The minimum Gasteiger partial charge on any atom is -0.358 e. The van der Waals surface area contributed by atoms with Crippen molar-refractivity contribution >= 4 is 42.6 Å². The van der Waals surface area contributed by atoms with Crippen molar-refractivity contribution in [2.24, 2.45) is 5.92 Å². The van der Waals surface area contributed by atoms with E-state index in [4.69, 9.17) is 0 Å². The van der Waals surface area contributed by atoms with Crippen molar-refractivity contribution in [3.8, 4) is 0 Å². The van der Waals surface area contributed by atoms with Crippen LogP contribution in [0.2, 0.25) is 0 Å². The lowest BCUT2D eigenvalue weighted by molar-refractivity contribution is 0.774. The standard InChI is InChI=1S/C12H13BrN2S/c1-2-7-5-9(7)14-12-15-10-6-8(13)3-4-11(10)16-12/h3-4,6-7,9H,2,5H2,1H3,(H,14,15). The van der Waals surface area contributed by atoms with Crippen LogP contribution in [0.5, 0.6) is 0 Å². The summed E-state index contributed by atoms with van der Waals surface area (Å²) in [7, 11) is 0. The number of hydrogen-bond donors (Lipinski definition) is 1. The first kappa shape index (κ1) is 10.5. The van der Waals surface area contributed by atoms with Gasteiger partial charge < -0.3 is 5.32 Å². The van der Waals surface area contributed by atoms with E-state index < -0.39 is 0 Å². The van der Waals surface area contributed by atoms with E-state index in [9.17, 15) is 0 Å². The number of nitrogens with zero attached hydrogens (tertiary/aromatic N) is 1. The molecule has 84 valence electrons. The Morgan fingerprint density at radius 2 is 2.44 bits per heavy atom. The molecular weight excluding hydrogens is 284 g/mol. The maximum Gasteiger partial charge on any atom is 0.184 e. The summed E-state index contributed by atoms with van der Waals surface area (Å²) in [5, 5.41) is 4.58. The van der Waals surface area contributed by atoms with Gasteiger partial charge in [-0.05, 0) is 30.5 Å². The van der Waals surface area contributed by atoms with Crippen LogP contribution in [0.3, 0.4) is 0 Å². The van der Waals surface area contributed by atoms with Gasteiger partial charge in [-0.3, -0.25) is 0 Å². The van der Waals surface area contributed by atoms with Crippen LogP contribution in [0, 0.1) is 5.92 Å². The summed E-state index contributed by atoms with van der Waals surface area (Å²) in [6, 6.07) is 6.92. The molecule has 0 amide bonds. The quantitative estimate of drug-likeness (QED) is 0.915. The molecule has 1 heterocycles. The van der Waals surface area contributed by atoms with Crippen LogP contribution in [0.1, 0.15) is 19.8 Å². The Morgan fingerprint density at radius 3 is 3.19 bits per heavy atom. The predicted molar refractivity (Wildman–Crippen MR) is 73.1 cm³/mol. The monoisotopic (exact) mass is 296 g/mol. The molecule has 1 aromatic carbocycles. The van der Waals surface area contributed by atoms with Crippen molar-refractivity contribution in [1.29, 1.82) is 0 Å². The van der Waals surface area contributed by atoms with Gasteiger partial charge in [0.05, 0.1) is 10.2 Å². The van der Waals surface area contributed by atoms with E-state index >= 15 is 0 Å². The van der Waals surface area contributed by atoms with Crippen molar-refractivity contribution < 1.29 is 0 Å². The molecule has 2 nitrogen and oxygen atoms in total. The maximum atomic E-state index is 4.60. The Morgan fingerprint density at radius 1 is 1.56 bits per heavy atom. The molecule has 2 unspecified atom stereocenters. The fourth-order valence-electron chi connectivity index (χ4n) is 2.00. The van der Waals surface area contributed by atoms with Gasteiger partial charge in [-0.2, -0.15) is 0 Å². The van der Waals surface area contributed by atoms with Gasteiger partial charge in [0.15, 0.2) is 5.13 Å². The number of rotatable bonds is 3. The van der Waals surface area contributed by atoms with E-state index in [2.05, 4.69) is 51.4 Å². The molecule has 1 aromatic heterocycles. The smallest absolute Gasteiger partial charge is 0.184 e. The van der Waals surface area contributed by atoms with E-state index in [1.807, 2.05) is 0 Å². The molecule has 1 aliphatic carbocycles. The molecule has 1 N–H and O–H groups in total. The second-order valence-electron chi connectivity index (χ2n) is 4.29. The van der Waals surface area contributed by atoms with Crippen LogP contribution >= 0.6 is 27.3 Å². The van der Waals surface area contributed by atoms with Gasteiger partial charge >= 0.3 is 0 Å². The minimum absolute atomic E-state index is 0.661. The van der Waals surface area contributed by atoms with Gasteiger partial charge in [-0.1, -0.05) is 40.6 Å². The van der Waals surface area contributed by atoms with Crippen LogP contribution < -0.4 is 5.32 Å². The number of anilines is 1. The lowest BCUT2D eigenvalue weighted by atomic mass is 10.3. The zero-order valence-electron chi connectivity index (χ0n) is 9.03. The molecular formula is C12H13BrN2S. The molecule has 3 rings (SSSR count). The molecule has 0 saturated heterocycles. The molecule has 0 aliphatic heterocycles. The second kappa shape index (κ2) is 4.00. The lowest BCUT2D eigenvalue weighted by Crippen LogP contribution is -2.03. The summed E-state index contributed by atoms with van der Waals surface area (Å²) in [6.45, 7) is 2.25. The number of nitrogens with one attached hydrogen (secondary N) is 1. The van der Waals surface area contributed by atoms with Crippen molar-refractivity contribution in [1.82, 2.24) is 4.98 Å². The van der Waals surface area contributed by atoms with Crippen LogP contribution in [0.25, 0.3) is 10.2 Å². The van der Waals surface area contributed by atoms with Gasteiger partial charge in [-0.25, -0.2) is 4.98 Å². The Labute approximate surface area is 107 Å². The van der Waals surface area contributed by atoms with E-state index in [-0.39, 0.29) is 0 Å². The average molecular weight is 297 g/mol. The summed E-state index contributed by atoms with van der Waals surface area (Å²) in [6.07, 6.45) is 2.57. The van der Waals surface area contributed by atoms with E-state index in [1.54, 1.807) is 11.3 Å². The summed E-state index contributed by atoms with van der Waals surface area (Å²) >= 11 is 5.21. The third-order valence-electron chi connectivity index (χ3n) is 3.11. The zero-order valence-corrected chi connectivity index (χ0v) is 11.4. The third kappa shape index (κ3) is 1.96. The molecule has 16 heavy (non-hydrogen) atoms. The highest BCUT2D eigenvalue weighted by Gasteiger charge is 2.35. The predicted octanol–water partition coefficient (Wildman–Crippen LogP) is 4.27. The highest BCUT2D eigenvalue weighted by atomic mass is 79.9. The largest absolute Gasteiger partial charge is 0.358 e. The lowest BCUT2D eigenvalue weighted by Gasteiger charge is -1.98. The molecule has 1 saturated carbocycles. The van der Waals surface area contributed by atoms with Crippen molar-refractivity contribution in [2.75, 3.05) is 5.32 Å². The van der Waals surface area contributed by atoms with Crippen LogP contribution in [0.15, 0.2) is 22.7 Å². The SMILES string of the molecule is CCC1CC1Nc1nc2cc(Br)ccc2s1. The zero-order chi connectivity index (χ0) is 11.1. The van der Waals surface area contributed by atoms with E-state index in [0.717, 1.165) is 21.0 Å². The molecule has 2 atom stereocenters. The molecule has 1 fully saturated rings. The summed E-state index contributed by atoms with van der Waals surface area (Å²) in [5.74, 6) is 0.860. The molecule has 0 spiro atoms. The first-order valence-corrected chi connectivity index (χ1v) is 7.20. The Bertz CT molecular complexity index is 523. The number of halogens is 1. The van der Waals surface area contributed by atoms with Gasteiger partial charge in [0.1, 0.15) is 0 Å². The topological polar surface area (TPSA) is 24.9 Å². The highest BCUT2D eigenvalue weighted by Crippen LogP contribution is 2.38. The average Bonchev–Trinajstić information content (AvgIpc) is 2.88. The summed E-state index contributed by atoms with van der Waals surface area (Å²) < 4.78 is 2.34. The number of fused-ring (bicyclic) bond motifs is 1. The summed E-state index contributed by atoms with van der Waals surface area (Å²) in [5.41, 5.74) is 1.08. The summed E-state index contributed by atoms with van der Waals surface area (Å²) in [4.78, 5) is 4.60. The van der Waals surface area contributed by atoms with E-state index in [0.29, 0.717) is 6.04 Å². The fourth-order valence-corrected chi connectivity index (χ4v) is 3.25. The van der Waals surface area contributed by atoms with Gasteiger partial charge in [0, 0.05) is 10.5 Å². The fraction of sp³-hybridized carbons (Fsp3) is 0.417. The van der Waals surface area contributed by atoms with Crippen molar-refractivity contribution in [3.63, 3.8) is 0 Å². The highest BCUT2D eigenvalue weighted by molar-refractivity contribution is 9.10. The number of hydrogen-bond acceptors (Lipinski definition) is 3. The first-order valence-electron chi connectivity index (χ1n) is 5.59. The Kier molecular flexibility index (Phi) is 2.64. The normalized spacial score (nSPS) is 23.6. The van der Waals surface area contributed by atoms with E-state index in [1.165, 1.54) is 17.5 Å². The minimum atomic E-state index is 0.661. The second-order valence-corrected chi connectivity index (χ2v) is 6.23. The number of benzene rings is 1. The first-order chi connectivity index (χ1) is 7.76. The van der Waals surface area contributed by atoms with Crippen LogP contribution in [-0.4, -0.2) is 11.0 Å². The van der Waals surface area contributed by atoms with Crippen LogP contribution in [0.4, 0.5) is 5.13 Å². The molecule has 4 heteroatoms. The molecule has 1 aliphatic rings. The van der Waals surface area contributed by atoms with Crippen molar-refractivity contribution in [2.45, 2.75) is 25.8 Å². The maximum absolute atomic E-state index is 4.60. The van der Waals surface area contributed by atoms with Crippen molar-refractivity contribution in [3.05, 3.63) is 22.7 Å². The van der Waals surface area contributed by atoms with Gasteiger partial charge in [0.25, 0.3) is 0 Å². The molecule has 0 radical (unpaired) electrons. The van der Waals surface area contributed by atoms with Gasteiger partial charge in [0.2, 0.25) is 0 Å².